The monoisotopic (exact) mass is 1740 g/mol. The number of anilines is 6. The lowest BCUT2D eigenvalue weighted by Crippen LogP contribution is -2.48. The van der Waals surface area contributed by atoms with Crippen molar-refractivity contribution in [2.75, 3.05) is 171 Å². The van der Waals surface area contributed by atoms with Crippen LogP contribution in [0.1, 0.15) is 101 Å². The van der Waals surface area contributed by atoms with Gasteiger partial charge in [0, 0.05) is 252 Å². The van der Waals surface area contributed by atoms with E-state index in [-0.39, 0.29) is 158 Å². The zero-order valence-electron chi connectivity index (χ0n) is 69.7. The Kier molecular flexibility index (Phi) is 28.0. The second kappa shape index (κ2) is 38.8. The molecule has 3 saturated heterocycles. The van der Waals surface area contributed by atoms with Crippen molar-refractivity contribution in [3.05, 3.63) is 234 Å². The number of allylic oxidation sites excluding steroid dienone is 7. The van der Waals surface area contributed by atoms with Crippen LogP contribution >= 0.6 is 34.8 Å². The molecule has 0 bridgehead atoms. The van der Waals surface area contributed by atoms with E-state index in [1.54, 1.807) is 119 Å². The van der Waals surface area contributed by atoms with Crippen LogP contribution in [0.2, 0.25) is 15.1 Å². The average molecular weight is 1740 g/mol. The summed E-state index contributed by atoms with van der Waals surface area (Å²) in [4.78, 5) is 116. The van der Waals surface area contributed by atoms with Crippen molar-refractivity contribution in [1.29, 1.82) is 0 Å². The molecule has 15 rings (SSSR count). The highest BCUT2D eigenvalue weighted by molar-refractivity contribution is 6.33. The van der Waals surface area contributed by atoms with Gasteiger partial charge >= 0.3 is 0 Å². The van der Waals surface area contributed by atoms with E-state index >= 15 is 13.2 Å². The molecule has 6 aromatic carbocycles. The van der Waals surface area contributed by atoms with E-state index in [1.165, 1.54) is 20.8 Å². The van der Waals surface area contributed by atoms with Gasteiger partial charge in [0.15, 0.2) is 17.5 Å². The number of amides is 6. The highest BCUT2D eigenvalue weighted by Crippen LogP contribution is 2.47. The Morgan fingerprint density at radius 3 is 1.01 bits per heavy atom. The van der Waals surface area contributed by atoms with E-state index in [2.05, 4.69) is 37.5 Å². The van der Waals surface area contributed by atoms with E-state index in [0.29, 0.717) is 131 Å². The van der Waals surface area contributed by atoms with Crippen LogP contribution in [0.3, 0.4) is 0 Å². The van der Waals surface area contributed by atoms with Gasteiger partial charge in [0.2, 0.25) is 53.3 Å². The molecule has 3 aliphatic heterocycles. The van der Waals surface area contributed by atoms with Crippen LogP contribution in [0, 0.1) is 17.5 Å². The first-order valence-electron chi connectivity index (χ1n) is 40.7. The van der Waals surface area contributed by atoms with Crippen LogP contribution < -0.4 is 30.7 Å². The van der Waals surface area contributed by atoms with E-state index in [4.69, 9.17) is 49.8 Å². The maximum atomic E-state index is 16.6. The summed E-state index contributed by atoms with van der Waals surface area (Å²) in [5, 5.41) is 42.7. The quantitative estimate of drug-likeness (QED) is 0.0386. The summed E-state index contributed by atoms with van der Waals surface area (Å²) >= 11 is 20.4. The van der Waals surface area contributed by atoms with Gasteiger partial charge in [-0.25, -0.2) is 28.1 Å². The number of aliphatic hydroxyl groups excluding tert-OH is 3. The molecule has 6 N–H and O–H groups in total. The number of hydrogen-bond donors (Lipinski definition) is 6. The van der Waals surface area contributed by atoms with Crippen LogP contribution in [-0.2, 0) is 48.0 Å². The lowest BCUT2D eigenvalue weighted by molar-refractivity contribution is -0.129. The van der Waals surface area contributed by atoms with Crippen LogP contribution in [0.15, 0.2) is 151 Å². The number of rotatable bonds is 20. The summed E-state index contributed by atoms with van der Waals surface area (Å²) in [6.45, 7) is 13.5. The number of halogens is 6. The molecule has 123 heavy (non-hydrogen) atoms. The van der Waals surface area contributed by atoms with Crippen molar-refractivity contribution in [2.24, 2.45) is 0 Å². The van der Waals surface area contributed by atoms with Crippen molar-refractivity contribution in [1.82, 2.24) is 59.3 Å². The number of nitrogens with zero attached hydrogens (tertiary/aromatic N) is 15. The summed E-state index contributed by atoms with van der Waals surface area (Å²) in [7, 11) is 10.1. The van der Waals surface area contributed by atoms with E-state index in [1.807, 2.05) is 87.5 Å². The Bertz CT molecular complexity index is 5730. The van der Waals surface area contributed by atoms with Gasteiger partial charge in [-0.3, -0.25) is 28.8 Å². The Labute approximate surface area is 725 Å². The summed E-state index contributed by atoms with van der Waals surface area (Å²) in [6, 6.07) is 27.8. The summed E-state index contributed by atoms with van der Waals surface area (Å²) < 4.78 is 49.7. The molecule has 3 unspecified atom stereocenters. The van der Waals surface area contributed by atoms with Crippen molar-refractivity contribution >= 4 is 138 Å². The zero-order valence-corrected chi connectivity index (χ0v) is 71.9. The number of piperazine rings is 3. The Balaban J connectivity index is 0.000000159. The predicted octanol–water partition coefficient (Wildman–Crippen LogP) is 13.1. The fourth-order valence-electron chi connectivity index (χ4n) is 16.1. The molecule has 33 heteroatoms. The lowest BCUT2D eigenvalue weighted by atomic mass is 9.82. The zero-order chi connectivity index (χ0) is 87.8. The minimum Gasteiger partial charge on any atom is -0.512 e. The number of hydrogen-bond acceptors (Lipinski definition) is 21. The molecule has 3 aliphatic carbocycles. The van der Waals surface area contributed by atoms with Gasteiger partial charge < -0.3 is 75.4 Å². The first-order valence-corrected chi connectivity index (χ1v) is 41.8. The summed E-state index contributed by atoms with van der Waals surface area (Å²) in [5.41, 5.74) is 6.24. The van der Waals surface area contributed by atoms with Crippen LogP contribution in [0.5, 0.6) is 0 Å². The molecule has 6 aliphatic rings. The van der Waals surface area contributed by atoms with Gasteiger partial charge in [0.1, 0.15) is 34.0 Å². The van der Waals surface area contributed by atoms with Gasteiger partial charge in [-0.15, -0.1) is 0 Å². The molecule has 3 atom stereocenters. The molecule has 3 aromatic heterocycles. The molecular weight excluding hydrogens is 1640 g/mol. The second-order valence-corrected chi connectivity index (χ2v) is 32.5. The summed E-state index contributed by atoms with van der Waals surface area (Å²) in [5.74, 6) is -1.47. The smallest absolute Gasteiger partial charge is 0.246 e. The third-order valence-electron chi connectivity index (χ3n) is 22.6. The molecule has 0 spiro atoms. The Morgan fingerprint density at radius 1 is 0.447 bits per heavy atom. The number of aliphatic hydroxyl groups is 3. The standard InChI is InChI=1S/C31H34ClFN6O3.C30H32ClFN6O3.C29H32ClFN6O3/c1-4-7-26(42)38-12-14-39(15-13-38)30-23-18-24(32)27(22-17-20(40)16-19-8-5-6-9-21(19)22)28(33)29(23)35-31(36-30)34-11-10-25(41)37(2)3;1-4-24(40)37-11-13-38(14-12-37)29-22-17-23(31)26(21-16-19(39)15-18-7-5-6-8-20(18)21)27(32)28(22)34-30(35-29)33-10-9-25(41)36(2)3;1-17(38)36-10-12-37(13-11-36)28-22-16-23(30)25(21-15-19(39)14-18-6-4-5-7-20(18)21)26(31)27(22)33-29(34-28)32-9-8-24(40)35(2)3/h4-9,17-18,22,40H,10-16H2,1-3H3,(H,34,35,36);4-8,16-17,21,39H,1,9-15H2,2-3H3,(H,33,34,35);4-7,15-16,21,39H,8-14H2,1-3H3,(H,32,33,34)/b7-4+;;. The summed E-state index contributed by atoms with van der Waals surface area (Å²) in [6.07, 6.45) is 11.2. The van der Waals surface area contributed by atoms with Crippen LogP contribution in [0.4, 0.5) is 48.5 Å². The number of aromatic nitrogens is 6. The van der Waals surface area contributed by atoms with E-state index < -0.39 is 35.2 Å². The largest absolute Gasteiger partial charge is 0.512 e. The SMILES string of the molecule is C/C=C/C(=O)N1CCN(c2nc(NCCC(=O)N(C)C)nc3c(F)c(C4C=C(O)Cc5ccccc54)c(Cl)cc23)CC1.C=CC(=O)N1CCN(c2nc(NCCC(=O)N(C)C)nc3c(F)c(C4C=C(O)Cc5ccccc54)c(Cl)cc23)CC1.CC(=O)N1CCN(c2nc(NCCC(=O)N(C)C)nc3c(F)c(C4C=C(O)Cc5ccccc54)c(Cl)cc23)CC1. The van der Waals surface area contributed by atoms with Crippen molar-refractivity contribution < 1.29 is 57.3 Å². The number of carbonyl (C=O) groups excluding carboxylic acids is 6. The van der Waals surface area contributed by atoms with Crippen LogP contribution in [0.25, 0.3) is 32.7 Å². The molecule has 27 nitrogen and oxygen atoms in total. The van der Waals surface area contributed by atoms with E-state index in [0.717, 1.165) is 33.4 Å². The normalized spacial score (nSPS) is 16.8. The maximum Gasteiger partial charge on any atom is 0.246 e. The number of benzene rings is 6. The molecule has 9 aromatic rings. The minimum absolute atomic E-state index is 0.00270. The van der Waals surface area contributed by atoms with Crippen molar-refractivity contribution in [3.8, 4) is 0 Å². The molecule has 644 valence electrons. The molecule has 0 radical (unpaired) electrons. The molecule has 0 saturated carbocycles. The highest BCUT2D eigenvalue weighted by Gasteiger charge is 2.36. The first kappa shape index (κ1) is 88.5. The minimum atomic E-state index is -0.602. The molecule has 6 amide bonds. The van der Waals surface area contributed by atoms with Gasteiger partial charge in [0.05, 0.1) is 17.3 Å². The van der Waals surface area contributed by atoms with Gasteiger partial charge in [-0.1, -0.05) is 120 Å². The van der Waals surface area contributed by atoms with Gasteiger partial charge in [-0.2, -0.15) is 15.0 Å². The van der Waals surface area contributed by atoms with E-state index in [9.17, 15) is 44.1 Å². The highest BCUT2D eigenvalue weighted by atomic mass is 35.5. The third-order valence-corrected chi connectivity index (χ3v) is 23.6. The van der Waals surface area contributed by atoms with Crippen LogP contribution in [-0.4, -0.2) is 251 Å². The van der Waals surface area contributed by atoms with Crippen molar-refractivity contribution in [3.63, 3.8) is 0 Å². The molecule has 3 fully saturated rings. The predicted molar refractivity (Wildman–Crippen MR) is 474 cm³/mol. The fourth-order valence-corrected chi connectivity index (χ4v) is 17.1. The third kappa shape index (κ3) is 19.8. The Hall–Kier alpha value is -12.3. The van der Waals surface area contributed by atoms with Crippen molar-refractivity contribution in [2.45, 2.75) is 70.1 Å². The number of carbonyl (C=O) groups is 6. The second-order valence-electron chi connectivity index (χ2n) is 31.3. The Morgan fingerprint density at radius 2 is 0.732 bits per heavy atom. The molecule has 6 heterocycles. The number of nitrogens with one attached hydrogen (secondary N) is 3. The average Bonchev–Trinajstić information content (AvgIpc) is 0.752. The lowest BCUT2D eigenvalue weighted by Gasteiger charge is -2.35. The maximum absolute atomic E-state index is 16.6. The number of fused-ring (bicyclic) bond motifs is 6. The molecular formula is C90H98Cl3F3N18O9. The van der Waals surface area contributed by atoms with Gasteiger partial charge in [0.25, 0.3) is 0 Å². The fraction of sp³-hybridized carbons (Fsp3) is 0.356. The topological polar surface area (TPSA) is 306 Å². The van der Waals surface area contributed by atoms with Gasteiger partial charge in [-0.05, 0) is 88.9 Å². The first-order chi connectivity index (χ1) is 59.0.